The summed E-state index contributed by atoms with van der Waals surface area (Å²) in [5, 5.41) is 0. The molecule has 2 heterocycles. The summed E-state index contributed by atoms with van der Waals surface area (Å²) >= 11 is 1.92. The SMILES string of the molecule is CC1(C)CCN(C(=O)c2ncccc2C#CCN)CCS1. The highest BCUT2D eigenvalue weighted by atomic mass is 32.2. The molecule has 0 atom stereocenters. The number of amides is 1. The molecule has 1 saturated heterocycles. The third-order valence-corrected chi connectivity index (χ3v) is 4.83. The minimum absolute atomic E-state index is 0.0322. The largest absolute Gasteiger partial charge is 0.336 e. The quantitative estimate of drug-likeness (QED) is 0.803. The van der Waals surface area contributed by atoms with Gasteiger partial charge in [-0.15, -0.1) is 0 Å². The van der Waals surface area contributed by atoms with Crippen molar-refractivity contribution in [3.63, 3.8) is 0 Å². The summed E-state index contributed by atoms with van der Waals surface area (Å²) in [6.45, 7) is 6.25. The monoisotopic (exact) mass is 303 g/mol. The molecule has 2 N–H and O–H groups in total. The van der Waals surface area contributed by atoms with Gasteiger partial charge in [0.25, 0.3) is 5.91 Å². The average molecular weight is 303 g/mol. The molecule has 5 heteroatoms. The van der Waals surface area contributed by atoms with Gasteiger partial charge in [-0.05, 0) is 18.6 Å². The Kier molecular flexibility index (Phi) is 5.27. The normalized spacial score (nSPS) is 17.6. The van der Waals surface area contributed by atoms with E-state index in [-0.39, 0.29) is 17.2 Å². The van der Waals surface area contributed by atoms with E-state index in [0.29, 0.717) is 11.3 Å². The minimum Gasteiger partial charge on any atom is -0.336 e. The minimum atomic E-state index is -0.0322. The molecule has 1 aromatic rings. The number of nitrogens with two attached hydrogens (primary N) is 1. The number of nitrogens with zero attached hydrogens (tertiary/aromatic N) is 2. The van der Waals surface area contributed by atoms with Crippen LogP contribution in [0.5, 0.6) is 0 Å². The second kappa shape index (κ2) is 6.97. The third-order valence-electron chi connectivity index (χ3n) is 3.46. The summed E-state index contributed by atoms with van der Waals surface area (Å²) in [4.78, 5) is 18.8. The predicted octanol–water partition coefficient (Wildman–Crippen LogP) is 1.75. The average Bonchev–Trinajstić information content (AvgIpc) is 2.65. The molecule has 0 spiro atoms. The topological polar surface area (TPSA) is 59.2 Å². The zero-order valence-electron chi connectivity index (χ0n) is 12.6. The van der Waals surface area contributed by atoms with Crippen LogP contribution in [0, 0.1) is 11.8 Å². The van der Waals surface area contributed by atoms with Crippen molar-refractivity contribution in [3.8, 4) is 11.8 Å². The Morgan fingerprint density at radius 1 is 1.52 bits per heavy atom. The summed E-state index contributed by atoms with van der Waals surface area (Å²) in [6, 6.07) is 3.61. The smallest absolute Gasteiger partial charge is 0.273 e. The maximum Gasteiger partial charge on any atom is 0.273 e. The molecule has 1 aliphatic rings. The van der Waals surface area contributed by atoms with Crippen LogP contribution in [0.2, 0.25) is 0 Å². The second-order valence-corrected chi connectivity index (χ2v) is 7.36. The number of pyridine rings is 1. The molecular weight excluding hydrogens is 282 g/mol. The van der Waals surface area contributed by atoms with Crippen LogP contribution >= 0.6 is 11.8 Å². The van der Waals surface area contributed by atoms with Crippen LogP contribution in [0.1, 0.15) is 36.3 Å². The first kappa shape index (κ1) is 15.9. The molecule has 0 aromatic carbocycles. The van der Waals surface area contributed by atoms with Gasteiger partial charge in [0.15, 0.2) is 0 Å². The molecule has 0 bridgehead atoms. The number of hydrogen-bond donors (Lipinski definition) is 1. The van der Waals surface area contributed by atoms with Gasteiger partial charge in [0, 0.05) is 29.8 Å². The van der Waals surface area contributed by atoms with E-state index in [0.717, 1.165) is 25.3 Å². The van der Waals surface area contributed by atoms with E-state index < -0.39 is 0 Å². The first-order chi connectivity index (χ1) is 10.0. The van der Waals surface area contributed by atoms with E-state index in [9.17, 15) is 4.79 Å². The lowest BCUT2D eigenvalue weighted by Gasteiger charge is -2.22. The third kappa shape index (κ3) is 4.23. The summed E-state index contributed by atoms with van der Waals surface area (Å²) in [5.74, 6) is 6.65. The van der Waals surface area contributed by atoms with Crippen LogP contribution in [0.15, 0.2) is 18.3 Å². The molecule has 2 rings (SSSR count). The Morgan fingerprint density at radius 2 is 2.33 bits per heavy atom. The fraction of sp³-hybridized carbons (Fsp3) is 0.500. The van der Waals surface area contributed by atoms with Gasteiger partial charge in [-0.2, -0.15) is 11.8 Å². The van der Waals surface area contributed by atoms with Crippen LogP contribution in [-0.4, -0.2) is 45.9 Å². The molecule has 1 amide bonds. The van der Waals surface area contributed by atoms with Crippen molar-refractivity contribution in [1.29, 1.82) is 0 Å². The van der Waals surface area contributed by atoms with Gasteiger partial charge in [0.05, 0.1) is 12.1 Å². The van der Waals surface area contributed by atoms with Gasteiger partial charge in [-0.1, -0.05) is 25.7 Å². The fourth-order valence-corrected chi connectivity index (χ4v) is 3.30. The van der Waals surface area contributed by atoms with Gasteiger partial charge >= 0.3 is 0 Å². The van der Waals surface area contributed by atoms with Crippen molar-refractivity contribution >= 4 is 17.7 Å². The Morgan fingerprint density at radius 3 is 3.10 bits per heavy atom. The standard InChI is InChI=1S/C16H21N3OS/c1-16(2)7-10-19(11-12-21-16)15(20)14-13(5-3-8-17)6-4-9-18-14/h4,6,9H,7-8,10-12,17H2,1-2H3. The van der Waals surface area contributed by atoms with E-state index in [2.05, 4.69) is 30.7 Å². The number of hydrogen-bond acceptors (Lipinski definition) is 4. The Labute approximate surface area is 130 Å². The highest BCUT2D eigenvalue weighted by Crippen LogP contribution is 2.31. The maximum absolute atomic E-state index is 12.7. The molecule has 112 valence electrons. The fourth-order valence-electron chi connectivity index (χ4n) is 2.20. The Bertz CT molecular complexity index is 574. The first-order valence-corrected chi connectivity index (χ1v) is 8.09. The summed E-state index contributed by atoms with van der Waals surface area (Å²) in [7, 11) is 0. The van der Waals surface area contributed by atoms with Crippen LogP contribution in [-0.2, 0) is 0 Å². The molecule has 1 fully saturated rings. The van der Waals surface area contributed by atoms with Crippen molar-refractivity contribution in [2.24, 2.45) is 5.73 Å². The number of carbonyl (C=O) groups excluding carboxylic acids is 1. The number of thioether (sulfide) groups is 1. The van der Waals surface area contributed by atoms with Gasteiger partial charge in [0.1, 0.15) is 5.69 Å². The zero-order valence-corrected chi connectivity index (χ0v) is 13.4. The Hall–Kier alpha value is -1.51. The lowest BCUT2D eigenvalue weighted by Crippen LogP contribution is -2.34. The number of aromatic nitrogens is 1. The van der Waals surface area contributed by atoms with Crippen LogP contribution in [0.3, 0.4) is 0 Å². The van der Waals surface area contributed by atoms with Crippen molar-refractivity contribution in [2.45, 2.75) is 25.0 Å². The summed E-state index contributed by atoms with van der Waals surface area (Å²) < 4.78 is 0.224. The molecular formula is C16H21N3OS. The zero-order chi connectivity index (χ0) is 15.3. The molecule has 21 heavy (non-hydrogen) atoms. The highest BCUT2D eigenvalue weighted by molar-refractivity contribution is 8.00. The molecule has 0 saturated carbocycles. The molecule has 0 radical (unpaired) electrons. The molecule has 1 aromatic heterocycles. The van der Waals surface area contributed by atoms with Crippen molar-refractivity contribution in [2.75, 3.05) is 25.4 Å². The maximum atomic E-state index is 12.7. The van der Waals surface area contributed by atoms with Crippen molar-refractivity contribution in [1.82, 2.24) is 9.88 Å². The Balaban J connectivity index is 2.20. The molecule has 0 unspecified atom stereocenters. The predicted molar refractivity (Wildman–Crippen MR) is 87.2 cm³/mol. The lowest BCUT2D eigenvalue weighted by molar-refractivity contribution is 0.0758. The van der Waals surface area contributed by atoms with Crippen LogP contribution < -0.4 is 5.73 Å². The summed E-state index contributed by atoms with van der Waals surface area (Å²) in [5.41, 5.74) is 6.49. The first-order valence-electron chi connectivity index (χ1n) is 7.11. The van der Waals surface area contributed by atoms with Gasteiger partial charge < -0.3 is 10.6 Å². The van der Waals surface area contributed by atoms with Gasteiger partial charge in [-0.3, -0.25) is 4.79 Å². The second-order valence-electron chi connectivity index (χ2n) is 5.56. The number of carbonyl (C=O) groups is 1. The van der Waals surface area contributed by atoms with Gasteiger partial charge in [-0.25, -0.2) is 4.98 Å². The van der Waals surface area contributed by atoms with Crippen molar-refractivity contribution < 1.29 is 4.79 Å². The van der Waals surface area contributed by atoms with E-state index in [1.807, 2.05) is 22.7 Å². The van der Waals surface area contributed by atoms with Crippen LogP contribution in [0.25, 0.3) is 0 Å². The van der Waals surface area contributed by atoms with Crippen molar-refractivity contribution in [3.05, 3.63) is 29.6 Å². The van der Waals surface area contributed by atoms with E-state index >= 15 is 0 Å². The van der Waals surface area contributed by atoms with Crippen LogP contribution in [0.4, 0.5) is 0 Å². The molecule has 1 aliphatic heterocycles. The van der Waals surface area contributed by atoms with E-state index in [1.165, 1.54) is 0 Å². The van der Waals surface area contributed by atoms with E-state index in [1.54, 1.807) is 12.3 Å². The lowest BCUT2D eigenvalue weighted by atomic mass is 10.1. The molecule has 0 aliphatic carbocycles. The number of rotatable bonds is 1. The highest BCUT2D eigenvalue weighted by Gasteiger charge is 2.27. The van der Waals surface area contributed by atoms with E-state index in [4.69, 9.17) is 5.73 Å². The summed E-state index contributed by atoms with van der Waals surface area (Å²) in [6.07, 6.45) is 2.62. The molecule has 4 nitrogen and oxygen atoms in total. The van der Waals surface area contributed by atoms with Gasteiger partial charge in [0.2, 0.25) is 0 Å².